The molecule has 0 saturated heterocycles. The Bertz CT molecular complexity index is 798. The molecule has 3 aromatic heterocycles. The molecule has 3 aromatic rings. The maximum absolute atomic E-state index is 11.1. The van der Waals surface area contributed by atoms with Gasteiger partial charge in [-0.1, -0.05) is 22.7 Å². The van der Waals surface area contributed by atoms with Crippen LogP contribution in [0.3, 0.4) is 0 Å². The number of aromatic nitrogens is 3. The van der Waals surface area contributed by atoms with E-state index < -0.39 is 4.92 Å². The summed E-state index contributed by atoms with van der Waals surface area (Å²) in [6.45, 7) is 0.282. The van der Waals surface area contributed by atoms with Gasteiger partial charge in [0.2, 0.25) is 5.82 Å². The summed E-state index contributed by atoms with van der Waals surface area (Å²) in [4.78, 5) is 28.7. The van der Waals surface area contributed by atoms with Crippen LogP contribution >= 0.6 is 22.7 Å². The predicted octanol–water partition coefficient (Wildman–Crippen LogP) is 1.67. The van der Waals surface area contributed by atoms with Crippen molar-refractivity contribution < 1.29 is 4.92 Å². The van der Waals surface area contributed by atoms with Gasteiger partial charge in [0.25, 0.3) is 4.96 Å². The molecule has 0 fully saturated rings. The molecule has 10 heteroatoms. The van der Waals surface area contributed by atoms with Crippen LogP contribution < -0.4 is 10.2 Å². The first-order chi connectivity index (χ1) is 9.15. The number of anilines is 1. The lowest BCUT2D eigenvalue weighted by Crippen LogP contribution is -2.05. The van der Waals surface area contributed by atoms with Crippen LogP contribution in [0.15, 0.2) is 21.8 Å². The first kappa shape index (κ1) is 11.9. The Morgan fingerprint density at radius 3 is 3.05 bits per heavy atom. The van der Waals surface area contributed by atoms with Crippen molar-refractivity contribution in [1.29, 1.82) is 0 Å². The number of aromatic amines is 1. The molecule has 0 aliphatic rings. The standard InChI is InChI=1S/C9H7N5O3S2/c15-9-11-5(4-19-9)3-10-6-7(14(16)17)13-1-2-18-8(13)12-6/h1-2,4,10H,3H2,(H,11,15). The molecule has 19 heavy (non-hydrogen) atoms. The molecule has 0 unspecified atom stereocenters. The summed E-state index contributed by atoms with van der Waals surface area (Å²) in [6, 6.07) is 0. The lowest BCUT2D eigenvalue weighted by Gasteiger charge is -2.00. The van der Waals surface area contributed by atoms with Crippen LogP contribution in [0.2, 0.25) is 0 Å². The molecular formula is C9H7N5O3S2. The van der Waals surface area contributed by atoms with E-state index in [-0.39, 0.29) is 23.1 Å². The van der Waals surface area contributed by atoms with Crippen LogP contribution in [-0.2, 0) is 6.54 Å². The van der Waals surface area contributed by atoms with E-state index in [9.17, 15) is 14.9 Å². The van der Waals surface area contributed by atoms with Crippen molar-refractivity contribution in [3.05, 3.63) is 42.4 Å². The Morgan fingerprint density at radius 2 is 2.37 bits per heavy atom. The van der Waals surface area contributed by atoms with Crippen molar-refractivity contribution >= 4 is 39.3 Å². The van der Waals surface area contributed by atoms with Gasteiger partial charge in [-0.05, 0) is 4.92 Å². The van der Waals surface area contributed by atoms with Crippen molar-refractivity contribution in [2.75, 3.05) is 5.32 Å². The second-order valence-electron chi connectivity index (χ2n) is 3.62. The largest absolute Gasteiger partial charge is 0.372 e. The second-order valence-corrected chi connectivity index (χ2v) is 5.34. The van der Waals surface area contributed by atoms with Crippen molar-refractivity contribution in [1.82, 2.24) is 14.4 Å². The molecule has 0 radical (unpaired) electrons. The molecule has 2 N–H and O–H groups in total. The summed E-state index contributed by atoms with van der Waals surface area (Å²) in [5.41, 5.74) is 0.667. The highest BCUT2D eigenvalue weighted by atomic mass is 32.1. The summed E-state index contributed by atoms with van der Waals surface area (Å²) >= 11 is 2.37. The normalized spacial score (nSPS) is 10.9. The Kier molecular flexibility index (Phi) is 2.80. The summed E-state index contributed by atoms with van der Waals surface area (Å²) in [6.07, 6.45) is 1.60. The highest BCUT2D eigenvalue weighted by Crippen LogP contribution is 2.28. The molecule has 8 nitrogen and oxygen atoms in total. The third-order valence-electron chi connectivity index (χ3n) is 2.43. The third-order valence-corrected chi connectivity index (χ3v) is 3.90. The molecule has 0 aliphatic carbocycles. The zero-order chi connectivity index (χ0) is 13.4. The predicted molar refractivity (Wildman–Crippen MR) is 72.0 cm³/mol. The van der Waals surface area contributed by atoms with Crippen LogP contribution in [-0.4, -0.2) is 19.3 Å². The van der Waals surface area contributed by atoms with Crippen LogP contribution in [0, 0.1) is 10.1 Å². The van der Waals surface area contributed by atoms with Crippen molar-refractivity contribution in [3.8, 4) is 0 Å². The van der Waals surface area contributed by atoms with E-state index in [0.717, 1.165) is 11.3 Å². The Hall–Kier alpha value is -2.20. The van der Waals surface area contributed by atoms with Gasteiger partial charge in [-0.25, -0.2) is 0 Å². The average molecular weight is 297 g/mol. The van der Waals surface area contributed by atoms with E-state index in [1.54, 1.807) is 17.0 Å². The van der Waals surface area contributed by atoms with Gasteiger partial charge in [0, 0.05) is 16.5 Å². The van der Waals surface area contributed by atoms with Gasteiger partial charge in [-0.3, -0.25) is 4.79 Å². The zero-order valence-electron chi connectivity index (χ0n) is 9.32. The molecule has 98 valence electrons. The van der Waals surface area contributed by atoms with E-state index in [2.05, 4.69) is 15.3 Å². The monoisotopic (exact) mass is 297 g/mol. The third kappa shape index (κ3) is 2.11. The van der Waals surface area contributed by atoms with Gasteiger partial charge in [-0.2, -0.15) is 9.38 Å². The van der Waals surface area contributed by atoms with Gasteiger partial charge < -0.3 is 20.4 Å². The van der Waals surface area contributed by atoms with Gasteiger partial charge in [-0.15, -0.1) is 0 Å². The number of hydrogen-bond donors (Lipinski definition) is 2. The van der Waals surface area contributed by atoms with E-state index in [4.69, 9.17) is 0 Å². The maximum Gasteiger partial charge on any atom is 0.372 e. The highest BCUT2D eigenvalue weighted by molar-refractivity contribution is 7.15. The quantitative estimate of drug-likeness (QED) is 0.563. The number of rotatable bonds is 4. The van der Waals surface area contributed by atoms with E-state index in [1.807, 2.05) is 0 Å². The molecule has 3 heterocycles. The number of H-pyrrole nitrogens is 1. The number of thiazole rings is 2. The lowest BCUT2D eigenvalue weighted by molar-refractivity contribution is -0.389. The van der Waals surface area contributed by atoms with Crippen LogP contribution in [0.5, 0.6) is 0 Å². The minimum Gasteiger partial charge on any atom is -0.358 e. The first-order valence-corrected chi connectivity index (χ1v) is 6.91. The summed E-state index contributed by atoms with van der Waals surface area (Å²) in [5.74, 6) is 0.0951. The van der Waals surface area contributed by atoms with Crippen molar-refractivity contribution in [2.45, 2.75) is 6.54 Å². The number of hydrogen-bond acceptors (Lipinski definition) is 7. The fourth-order valence-electron chi connectivity index (χ4n) is 1.65. The van der Waals surface area contributed by atoms with Crippen molar-refractivity contribution in [2.24, 2.45) is 0 Å². The van der Waals surface area contributed by atoms with Crippen LogP contribution in [0.4, 0.5) is 11.6 Å². The molecule has 0 aliphatic heterocycles. The topological polar surface area (TPSA) is 105 Å². The summed E-state index contributed by atoms with van der Waals surface area (Å²) < 4.78 is 1.42. The van der Waals surface area contributed by atoms with Crippen molar-refractivity contribution in [3.63, 3.8) is 0 Å². The SMILES string of the molecule is O=c1[nH]c(CNc2nc3sccn3c2[N+](=O)[O-])cs1. The number of imidazole rings is 1. The van der Waals surface area contributed by atoms with Crippen LogP contribution in [0.25, 0.3) is 4.96 Å². The maximum atomic E-state index is 11.1. The zero-order valence-corrected chi connectivity index (χ0v) is 11.0. The molecular weight excluding hydrogens is 290 g/mol. The first-order valence-electron chi connectivity index (χ1n) is 5.15. The number of fused-ring (bicyclic) bond motifs is 1. The summed E-state index contributed by atoms with van der Waals surface area (Å²) in [7, 11) is 0. The molecule has 0 saturated carbocycles. The van der Waals surface area contributed by atoms with Gasteiger partial charge in [0.1, 0.15) is 6.20 Å². The van der Waals surface area contributed by atoms with Gasteiger partial charge in [0.05, 0.1) is 6.54 Å². The summed E-state index contributed by atoms with van der Waals surface area (Å²) in [5, 5.41) is 17.3. The lowest BCUT2D eigenvalue weighted by atomic mass is 10.5. The Labute approximate surface area is 113 Å². The fraction of sp³-hybridized carbons (Fsp3) is 0.111. The smallest absolute Gasteiger partial charge is 0.358 e. The highest BCUT2D eigenvalue weighted by Gasteiger charge is 2.23. The fourth-order valence-corrected chi connectivity index (χ4v) is 2.94. The van der Waals surface area contributed by atoms with Crippen LogP contribution in [0.1, 0.15) is 5.69 Å². The number of nitrogens with zero attached hydrogens (tertiary/aromatic N) is 3. The number of nitro groups is 1. The van der Waals surface area contributed by atoms with E-state index >= 15 is 0 Å². The molecule has 0 spiro atoms. The number of nitrogens with one attached hydrogen (secondary N) is 2. The van der Waals surface area contributed by atoms with E-state index in [1.165, 1.54) is 15.7 Å². The molecule has 0 amide bonds. The van der Waals surface area contributed by atoms with Gasteiger partial charge in [0.15, 0.2) is 0 Å². The average Bonchev–Trinajstić information content (AvgIpc) is 3.00. The minimum atomic E-state index is -0.481. The Morgan fingerprint density at radius 1 is 1.53 bits per heavy atom. The van der Waals surface area contributed by atoms with Gasteiger partial charge >= 0.3 is 10.7 Å². The Balaban J connectivity index is 1.91. The van der Waals surface area contributed by atoms with E-state index in [0.29, 0.717) is 10.7 Å². The molecule has 0 atom stereocenters. The molecule has 0 bridgehead atoms. The molecule has 3 rings (SSSR count). The minimum absolute atomic E-state index is 0.103. The molecule has 0 aromatic carbocycles. The second kappa shape index (κ2) is 4.48.